The Balaban J connectivity index is 1.21. The fraction of sp³-hybridized carbons (Fsp3) is 0.391. The lowest BCUT2D eigenvalue weighted by atomic mass is 10.2. The van der Waals surface area contributed by atoms with Gasteiger partial charge in [-0.2, -0.15) is 0 Å². The van der Waals surface area contributed by atoms with E-state index in [1.165, 1.54) is 5.69 Å². The number of hydrogen-bond donors (Lipinski definition) is 1. The van der Waals surface area contributed by atoms with Crippen LogP contribution in [-0.4, -0.2) is 72.7 Å². The van der Waals surface area contributed by atoms with Gasteiger partial charge in [0.1, 0.15) is 24.2 Å². The number of anilines is 1. The fourth-order valence-electron chi connectivity index (χ4n) is 3.65. The van der Waals surface area contributed by atoms with Gasteiger partial charge in [0.15, 0.2) is 0 Å². The highest BCUT2D eigenvalue weighted by Crippen LogP contribution is 2.23. The van der Waals surface area contributed by atoms with Gasteiger partial charge in [-0.15, -0.1) is 10.2 Å². The maximum absolute atomic E-state index is 10.4. The Kier molecular flexibility index (Phi) is 6.69. The van der Waals surface area contributed by atoms with Crippen LogP contribution in [0.15, 0.2) is 52.9 Å². The van der Waals surface area contributed by atoms with Gasteiger partial charge in [0, 0.05) is 57.0 Å². The summed E-state index contributed by atoms with van der Waals surface area (Å²) in [4.78, 5) is 4.61. The van der Waals surface area contributed by atoms with Crippen molar-refractivity contribution in [2.45, 2.75) is 13.0 Å². The zero-order chi connectivity index (χ0) is 21.6. The van der Waals surface area contributed by atoms with Crippen molar-refractivity contribution < 1.29 is 19.0 Å². The fourth-order valence-corrected chi connectivity index (χ4v) is 3.65. The summed E-state index contributed by atoms with van der Waals surface area (Å²) < 4.78 is 16.5. The molecule has 2 heterocycles. The van der Waals surface area contributed by atoms with Crippen molar-refractivity contribution >= 4 is 5.69 Å². The van der Waals surface area contributed by atoms with Gasteiger partial charge < -0.3 is 23.9 Å². The van der Waals surface area contributed by atoms with Crippen LogP contribution in [0.25, 0.3) is 11.5 Å². The molecule has 2 aromatic carbocycles. The third kappa shape index (κ3) is 5.53. The number of hydrogen-bond acceptors (Lipinski definition) is 8. The topological polar surface area (TPSA) is 84.1 Å². The molecule has 31 heavy (non-hydrogen) atoms. The van der Waals surface area contributed by atoms with Crippen molar-refractivity contribution in [1.82, 2.24) is 15.1 Å². The Labute approximate surface area is 182 Å². The quantitative estimate of drug-likeness (QED) is 0.591. The molecule has 1 aliphatic heterocycles. The summed E-state index contributed by atoms with van der Waals surface area (Å²) in [5.74, 6) is 2.58. The normalized spacial score (nSPS) is 15.6. The maximum Gasteiger partial charge on any atom is 0.247 e. The number of piperazine rings is 1. The van der Waals surface area contributed by atoms with Gasteiger partial charge in [0.05, 0.1) is 7.11 Å². The van der Waals surface area contributed by atoms with E-state index in [0.717, 1.165) is 37.5 Å². The Bertz CT molecular complexity index is 968. The first-order valence-electron chi connectivity index (χ1n) is 10.4. The molecule has 0 radical (unpaired) electrons. The van der Waals surface area contributed by atoms with Crippen LogP contribution in [0.4, 0.5) is 5.69 Å². The average molecular weight is 425 g/mol. The number of aliphatic hydroxyl groups excluding tert-OH is 1. The van der Waals surface area contributed by atoms with Crippen LogP contribution < -0.4 is 14.4 Å². The number of rotatable bonds is 8. The molecule has 4 rings (SSSR count). The first-order chi connectivity index (χ1) is 15.1. The summed E-state index contributed by atoms with van der Waals surface area (Å²) in [6, 6.07) is 15.5. The van der Waals surface area contributed by atoms with Crippen molar-refractivity contribution in [1.29, 1.82) is 0 Å². The van der Waals surface area contributed by atoms with Crippen LogP contribution in [0.2, 0.25) is 0 Å². The molecule has 0 aliphatic carbocycles. The summed E-state index contributed by atoms with van der Waals surface area (Å²) in [7, 11) is 1.68. The summed E-state index contributed by atoms with van der Waals surface area (Å²) in [6.07, 6.45) is -0.554. The number of ether oxygens (including phenoxy) is 2. The van der Waals surface area contributed by atoms with Crippen LogP contribution in [0, 0.1) is 6.92 Å². The van der Waals surface area contributed by atoms with Gasteiger partial charge in [-0.05, 0) is 36.4 Å². The predicted molar refractivity (Wildman–Crippen MR) is 118 cm³/mol. The minimum Gasteiger partial charge on any atom is -0.497 e. The molecular weight excluding hydrogens is 396 g/mol. The molecule has 0 bridgehead atoms. The summed E-state index contributed by atoms with van der Waals surface area (Å²) in [6.45, 7) is 6.21. The van der Waals surface area contributed by atoms with Crippen LogP contribution in [0.5, 0.6) is 11.5 Å². The maximum atomic E-state index is 10.4. The molecule has 1 aliphatic rings. The van der Waals surface area contributed by atoms with Gasteiger partial charge in [-0.1, -0.05) is 6.07 Å². The molecule has 1 atom stereocenters. The van der Waals surface area contributed by atoms with Crippen molar-refractivity contribution in [3.63, 3.8) is 0 Å². The summed E-state index contributed by atoms with van der Waals surface area (Å²) >= 11 is 0. The molecule has 1 fully saturated rings. The zero-order valence-electron chi connectivity index (χ0n) is 17.9. The molecule has 1 unspecified atom stereocenters. The highest BCUT2D eigenvalue weighted by Gasteiger charge is 2.20. The van der Waals surface area contributed by atoms with E-state index < -0.39 is 6.10 Å². The molecule has 1 aromatic heterocycles. The number of β-amino-alcohol motifs (C(OH)–C–C–N with tert-alkyl or cyclic N) is 1. The van der Waals surface area contributed by atoms with Gasteiger partial charge in [-0.25, -0.2) is 0 Å². The second-order valence-electron chi connectivity index (χ2n) is 7.60. The number of nitrogens with zero attached hydrogens (tertiary/aromatic N) is 4. The molecule has 8 heteroatoms. The van der Waals surface area contributed by atoms with Crippen LogP contribution in [0.3, 0.4) is 0 Å². The molecule has 0 spiro atoms. The van der Waals surface area contributed by atoms with Gasteiger partial charge in [-0.3, -0.25) is 4.90 Å². The first kappa shape index (κ1) is 21.1. The van der Waals surface area contributed by atoms with E-state index in [-0.39, 0.29) is 6.61 Å². The van der Waals surface area contributed by atoms with E-state index in [1.807, 2.05) is 36.4 Å². The zero-order valence-corrected chi connectivity index (χ0v) is 17.9. The van der Waals surface area contributed by atoms with Gasteiger partial charge in [0.25, 0.3) is 0 Å². The number of benzene rings is 2. The molecule has 8 nitrogen and oxygen atoms in total. The lowest BCUT2D eigenvalue weighted by Crippen LogP contribution is -2.49. The summed E-state index contributed by atoms with van der Waals surface area (Å²) in [5.41, 5.74) is 2.00. The van der Waals surface area contributed by atoms with E-state index in [1.54, 1.807) is 14.0 Å². The third-order valence-electron chi connectivity index (χ3n) is 5.33. The third-order valence-corrected chi connectivity index (χ3v) is 5.33. The van der Waals surface area contributed by atoms with Crippen molar-refractivity contribution in [2.75, 3.05) is 51.3 Å². The average Bonchev–Trinajstić information content (AvgIpc) is 3.25. The highest BCUT2D eigenvalue weighted by atomic mass is 16.5. The largest absolute Gasteiger partial charge is 0.497 e. The molecular formula is C23H28N4O4. The molecule has 3 aromatic rings. The standard InChI is InChI=1S/C23H28N4O4/c1-17-24-25-23(31-17)18-6-8-21(9-7-18)30-16-20(28)15-26-10-12-27(13-11-26)19-4-3-5-22(14-19)29-2/h3-9,14,20,28H,10-13,15-16H2,1-2H3. The monoisotopic (exact) mass is 424 g/mol. The predicted octanol–water partition coefficient (Wildman–Crippen LogP) is 2.62. The van der Waals surface area contributed by atoms with Crippen molar-refractivity contribution in [3.8, 4) is 23.0 Å². The number of methoxy groups -OCH3 is 1. The Morgan fingerprint density at radius 3 is 2.48 bits per heavy atom. The molecule has 164 valence electrons. The number of aliphatic hydroxyl groups is 1. The Hall–Kier alpha value is -3.10. The number of aromatic nitrogens is 2. The second kappa shape index (κ2) is 9.80. The minimum absolute atomic E-state index is 0.245. The Morgan fingerprint density at radius 2 is 1.81 bits per heavy atom. The molecule has 1 N–H and O–H groups in total. The van der Waals surface area contributed by atoms with E-state index >= 15 is 0 Å². The van der Waals surface area contributed by atoms with E-state index in [0.29, 0.717) is 24.1 Å². The van der Waals surface area contributed by atoms with Crippen LogP contribution in [0.1, 0.15) is 5.89 Å². The summed E-state index contributed by atoms with van der Waals surface area (Å²) in [5, 5.41) is 18.3. The SMILES string of the molecule is COc1cccc(N2CCN(CC(O)COc3ccc(-c4nnc(C)o4)cc3)CC2)c1. The van der Waals surface area contributed by atoms with E-state index in [4.69, 9.17) is 13.9 Å². The molecule has 0 saturated carbocycles. The Morgan fingerprint density at radius 1 is 1.03 bits per heavy atom. The second-order valence-corrected chi connectivity index (χ2v) is 7.60. The molecule has 1 saturated heterocycles. The lowest BCUT2D eigenvalue weighted by Gasteiger charge is -2.37. The minimum atomic E-state index is -0.554. The highest BCUT2D eigenvalue weighted by molar-refractivity contribution is 5.54. The lowest BCUT2D eigenvalue weighted by molar-refractivity contribution is 0.0663. The van der Waals surface area contributed by atoms with Crippen molar-refractivity contribution in [3.05, 3.63) is 54.4 Å². The number of aryl methyl sites for hydroxylation is 1. The van der Waals surface area contributed by atoms with Crippen molar-refractivity contribution in [2.24, 2.45) is 0 Å². The van der Waals surface area contributed by atoms with E-state index in [2.05, 4.69) is 32.1 Å². The van der Waals surface area contributed by atoms with Gasteiger partial charge in [0.2, 0.25) is 11.8 Å². The van der Waals surface area contributed by atoms with Gasteiger partial charge >= 0.3 is 0 Å². The molecule has 0 amide bonds. The van der Waals surface area contributed by atoms with E-state index in [9.17, 15) is 5.11 Å². The van der Waals surface area contributed by atoms with Crippen LogP contribution in [-0.2, 0) is 0 Å². The first-order valence-corrected chi connectivity index (χ1v) is 10.4. The van der Waals surface area contributed by atoms with Crippen LogP contribution >= 0.6 is 0 Å². The smallest absolute Gasteiger partial charge is 0.247 e.